The Hall–Kier alpha value is -3.16. The fourth-order valence-corrected chi connectivity index (χ4v) is 4.31. The van der Waals surface area contributed by atoms with Gasteiger partial charge in [-0.15, -0.1) is 0 Å². The maximum atomic E-state index is 10.9. The Labute approximate surface area is 179 Å². The fraction of sp³-hybridized carbons (Fsp3) is 0.217. The molecule has 6 nitrogen and oxygen atoms in total. The van der Waals surface area contributed by atoms with Crippen LogP contribution in [0.15, 0.2) is 58.5 Å². The van der Waals surface area contributed by atoms with Gasteiger partial charge in [0.2, 0.25) is 5.88 Å². The van der Waals surface area contributed by atoms with E-state index < -0.39 is 0 Å². The van der Waals surface area contributed by atoms with Crippen LogP contribution in [0.2, 0.25) is 0 Å². The minimum Gasteiger partial charge on any atom is -0.497 e. The van der Waals surface area contributed by atoms with Gasteiger partial charge in [0.1, 0.15) is 5.75 Å². The first-order chi connectivity index (χ1) is 14.6. The highest BCUT2D eigenvalue weighted by molar-refractivity contribution is 7.10. The Morgan fingerprint density at radius 1 is 1.13 bits per heavy atom. The Bertz CT molecular complexity index is 1190. The quantitative estimate of drug-likeness (QED) is 0.622. The van der Waals surface area contributed by atoms with Gasteiger partial charge in [0.05, 0.1) is 36.5 Å². The Kier molecular flexibility index (Phi) is 5.83. The summed E-state index contributed by atoms with van der Waals surface area (Å²) in [6, 6.07) is 15.5. The third kappa shape index (κ3) is 3.94. The molecule has 0 radical (unpaired) electrons. The number of hydrogen-bond acceptors (Lipinski definition) is 6. The van der Waals surface area contributed by atoms with Gasteiger partial charge in [-0.05, 0) is 43.3 Å². The summed E-state index contributed by atoms with van der Waals surface area (Å²) < 4.78 is 12.2. The normalized spacial score (nSPS) is 14.8. The largest absolute Gasteiger partial charge is 0.497 e. The molecular formula is C23H23N3O3S. The van der Waals surface area contributed by atoms with Crippen LogP contribution >= 0.6 is 11.3 Å². The van der Waals surface area contributed by atoms with Crippen LogP contribution in [0.5, 0.6) is 11.6 Å². The first-order valence-electron chi connectivity index (χ1n) is 9.58. The topological polar surface area (TPSA) is 68.3 Å². The molecule has 1 aliphatic heterocycles. The average molecular weight is 422 g/mol. The third-order valence-corrected chi connectivity index (χ3v) is 5.89. The number of allylic oxidation sites excluding steroid dienone is 1. The molecule has 7 heteroatoms. The number of hydrogen-bond donors (Lipinski definition) is 1. The van der Waals surface area contributed by atoms with Crippen LogP contribution in [0.3, 0.4) is 0 Å². The number of aromatic nitrogens is 1. The number of benzene rings is 2. The van der Waals surface area contributed by atoms with E-state index in [4.69, 9.17) is 14.5 Å². The summed E-state index contributed by atoms with van der Waals surface area (Å²) in [4.78, 5) is 10.8. The van der Waals surface area contributed by atoms with Crippen molar-refractivity contribution in [1.29, 1.82) is 0 Å². The summed E-state index contributed by atoms with van der Waals surface area (Å²) in [5.41, 5.74) is 4.75. The van der Waals surface area contributed by atoms with E-state index in [9.17, 15) is 5.11 Å². The van der Waals surface area contributed by atoms with E-state index in [2.05, 4.69) is 4.99 Å². The van der Waals surface area contributed by atoms with Crippen molar-refractivity contribution in [3.05, 3.63) is 63.8 Å². The minimum atomic E-state index is 0.175. The number of aromatic hydroxyl groups is 1. The number of methoxy groups -OCH3 is 2. The second-order valence-electron chi connectivity index (χ2n) is 6.80. The molecule has 4 rings (SSSR count). The van der Waals surface area contributed by atoms with Crippen LogP contribution in [-0.4, -0.2) is 36.2 Å². The van der Waals surface area contributed by atoms with Crippen molar-refractivity contribution in [2.45, 2.75) is 13.5 Å². The molecule has 1 N–H and O–H groups in total. The van der Waals surface area contributed by atoms with E-state index in [0.29, 0.717) is 18.0 Å². The molecule has 0 bridgehead atoms. The van der Waals surface area contributed by atoms with E-state index in [-0.39, 0.29) is 5.88 Å². The summed E-state index contributed by atoms with van der Waals surface area (Å²) in [5.74, 6) is 0.948. The molecule has 0 aliphatic carbocycles. The van der Waals surface area contributed by atoms with Gasteiger partial charge in [-0.1, -0.05) is 29.5 Å². The maximum Gasteiger partial charge on any atom is 0.211 e. The van der Waals surface area contributed by atoms with E-state index >= 15 is 0 Å². The molecule has 30 heavy (non-hydrogen) atoms. The van der Waals surface area contributed by atoms with Gasteiger partial charge in [0.25, 0.3) is 0 Å². The lowest BCUT2D eigenvalue weighted by Gasteiger charge is -2.05. The predicted octanol–water partition coefficient (Wildman–Crippen LogP) is 4.79. The molecule has 0 saturated carbocycles. The molecule has 1 aliphatic rings. The van der Waals surface area contributed by atoms with Crippen molar-refractivity contribution in [1.82, 2.24) is 4.57 Å². The van der Waals surface area contributed by atoms with Crippen LogP contribution in [0.1, 0.15) is 17.4 Å². The second kappa shape index (κ2) is 8.69. The van der Waals surface area contributed by atoms with Gasteiger partial charge in [0.15, 0.2) is 4.80 Å². The number of ether oxygens (including phenoxy) is 2. The van der Waals surface area contributed by atoms with Crippen molar-refractivity contribution in [3.8, 4) is 11.6 Å². The monoisotopic (exact) mass is 421 g/mol. The van der Waals surface area contributed by atoms with Crippen molar-refractivity contribution < 1.29 is 14.6 Å². The maximum absolute atomic E-state index is 10.9. The standard InChI is InChI=1S/C23H23N3O3S/c1-15-19(18-6-4-5-7-20(18)24-15)14-21-22(27)26(12-13-28-2)23(30-21)25-16-8-10-17(29-3)11-9-16/h4-11,14,27H,12-13H2,1-3H3/b19-14-,25-23?. The Balaban J connectivity index is 1.80. The number of nitrogens with zero attached hydrogens (tertiary/aromatic N) is 3. The van der Waals surface area contributed by atoms with E-state index in [1.807, 2.05) is 61.5 Å². The van der Waals surface area contributed by atoms with Crippen LogP contribution in [0.25, 0.3) is 11.6 Å². The number of para-hydroxylation sites is 1. The molecule has 0 fully saturated rings. The summed E-state index contributed by atoms with van der Waals surface area (Å²) in [6.45, 7) is 2.96. The van der Waals surface area contributed by atoms with E-state index in [1.54, 1.807) is 18.8 Å². The van der Waals surface area contributed by atoms with Gasteiger partial charge in [-0.3, -0.25) is 9.56 Å². The zero-order valence-electron chi connectivity index (χ0n) is 17.1. The summed E-state index contributed by atoms with van der Waals surface area (Å²) in [5, 5.41) is 10.9. The first kappa shape index (κ1) is 20.1. The highest BCUT2D eigenvalue weighted by Crippen LogP contribution is 2.37. The molecule has 154 valence electrons. The zero-order valence-corrected chi connectivity index (χ0v) is 17.9. The lowest BCUT2D eigenvalue weighted by atomic mass is 10.0. The summed E-state index contributed by atoms with van der Waals surface area (Å²) >= 11 is 1.43. The molecule has 3 aromatic rings. The Morgan fingerprint density at radius 3 is 2.63 bits per heavy atom. The second-order valence-corrected chi connectivity index (χ2v) is 7.81. The molecule has 2 aromatic carbocycles. The average Bonchev–Trinajstić information content (AvgIpc) is 3.23. The van der Waals surface area contributed by atoms with Crippen molar-refractivity contribution in [2.24, 2.45) is 9.98 Å². The van der Waals surface area contributed by atoms with Crippen LogP contribution < -0.4 is 9.54 Å². The molecule has 0 atom stereocenters. The minimum absolute atomic E-state index is 0.175. The first-order valence-corrected chi connectivity index (χ1v) is 10.4. The van der Waals surface area contributed by atoms with E-state index in [0.717, 1.165) is 38.8 Å². The molecule has 2 heterocycles. The number of aliphatic imine (C=N–C) groups is 1. The molecule has 0 spiro atoms. The van der Waals surface area contributed by atoms with Gasteiger partial charge in [0, 0.05) is 24.0 Å². The van der Waals surface area contributed by atoms with Gasteiger partial charge >= 0.3 is 0 Å². The van der Waals surface area contributed by atoms with E-state index in [1.165, 1.54) is 11.3 Å². The molecule has 0 saturated heterocycles. The SMILES string of the molecule is COCCn1c(O)c(/C=C2/C(C)=Nc3ccccc32)sc1=Nc1ccc(OC)cc1. The lowest BCUT2D eigenvalue weighted by molar-refractivity contribution is 0.183. The molecule has 1 aromatic heterocycles. The number of thiazole rings is 1. The van der Waals surface area contributed by atoms with Crippen LogP contribution in [-0.2, 0) is 11.3 Å². The number of rotatable bonds is 6. The van der Waals surface area contributed by atoms with Crippen LogP contribution in [0.4, 0.5) is 11.4 Å². The Morgan fingerprint density at radius 2 is 1.90 bits per heavy atom. The lowest BCUT2D eigenvalue weighted by Crippen LogP contribution is -2.16. The number of fused-ring (bicyclic) bond motifs is 1. The smallest absolute Gasteiger partial charge is 0.211 e. The van der Waals surface area contributed by atoms with Gasteiger partial charge in [-0.25, -0.2) is 4.99 Å². The summed E-state index contributed by atoms with van der Waals surface area (Å²) in [7, 11) is 3.27. The molecule has 0 unspecified atom stereocenters. The fourth-order valence-electron chi connectivity index (χ4n) is 3.30. The zero-order chi connectivity index (χ0) is 21.1. The van der Waals surface area contributed by atoms with Crippen LogP contribution in [0, 0.1) is 0 Å². The highest BCUT2D eigenvalue weighted by Gasteiger charge is 2.19. The highest BCUT2D eigenvalue weighted by atomic mass is 32.1. The van der Waals surface area contributed by atoms with Gasteiger partial charge < -0.3 is 14.6 Å². The molecule has 0 amide bonds. The predicted molar refractivity (Wildman–Crippen MR) is 121 cm³/mol. The van der Waals surface area contributed by atoms with Gasteiger partial charge in [-0.2, -0.15) is 0 Å². The van der Waals surface area contributed by atoms with Crippen molar-refractivity contribution >= 4 is 40.1 Å². The summed E-state index contributed by atoms with van der Waals surface area (Å²) in [6.07, 6.45) is 1.99. The third-order valence-electron chi connectivity index (χ3n) is 4.87. The molecular weight excluding hydrogens is 398 g/mol. The van der Waals surface area contributed by atoms with Crippen molar-refractivity contribution in [2.75, 3.05) is 20.8 Å². The van der Waals surface area contributed by atoms with Crippen molar-refractivity contribution in [3.63, 3.8) is 0 Å².